The highest BCUT2D eigenvalue weighted by atomic mass is 32.1. The minimum absolute atomic E-state index is 0.00416. The van der Waals surface area contributed by atoms with Gasteiger partial charge in [-0.15, -0.1) is 0 Å². The molecule has 10 N–H and O–H groups in total. The molecule has 4 rings (SSSR count). The van der Waals surface area contributed by atoms with E-state index < -0.39 is 71.8 Å². The number of phenolic OH excluding ortho intramolecular Hbond substituents is 2. The summed E-state index contributed by atoms with van der Waals surface area (Å²) in [6.07, 6.45) is -0.237. The van der Waals surface area contributed by atoms with E-state index >= 15 is 0 Å². The summed E-state index contributed by atoms with van der Waals surface area (Å²) >= 11 is 8.12. The van der Waals surface area contributed by atoms with Crippen LogP contribution >= 0.6 is 25.3 Å². The van der Waals surface area contributed by atoms with Crippen molar-refractivity contribution in [3.8, 4) is 11.5 Å². The zero-order valence-corrected chi connectivity index (χ0v) is 33.7. The van der Waals surface area contributed by atoms with Gasteiger partial charge in [0.1, 0.15) is 41.7 Å². The van der Waals surface area contributed by atoms with Gasteiger partial charge in [0.15, 0.2) is 0 Å². The molecular weight excluding hydrogens is 797 g/mol. The molecule has 0 spiro atoms. The van der Waals surface area contributed by atoms with Gasteiger partial charge in [0.05, 0.1) is 6.04 Å². The Balaban J connectivity index is 1.66. The van der Waals surface area contributed by atoms with E-state index in [1.165, 1.54) is 24.3 Å². The molecule has 0 aromatic heterocycles. The molecule has 0 heterocycles. The third-order valence-corrected chi connectivity index (χ3v) is 9.94. The first kappa shape index (κ1) is 45.7. The topological polar surface area (TPSA) is 249 Å². The van der Waals surface area contributed by atoms with Gasteiger partial charge in [0.2, 0.25) is 29.5 Å². The van der Waals surface area contributed by atoms with Gasteiger partial charge in [0, 0.05) is 37.2 Å². The fourth-order valence-electron chi connectivity index (χ4n) is 5.91. The fourth-order valence-corrected chi connectivity index (χ4v) is 6.32. The normalized spacial score (nSPS) is 13.9. The van der Waals surface area contributed by atoms with Crippen molar-refractivity contribution >= 4 is 60.8 Å². The lowest BCUT2D eigenvalue weighted by molar-refractivity contribution is -0.141. The van der Waals surface area contributed by atoms with E-state index in [9.17, 15) is 44.1 Å². The number of nitrogens with two attached hydrogens (primary N) is 1. The van der Waals surface area contributed by atoms with Crippen molar-refractivity contribution in [2.75, 3.05) is 11.5 Å². The standard InChI is InChI=1S/C42H48N6O9S2/c43-31(23-58)37(51)44-32(21-27-11-15-29(49)16-12-27)38(52)45-33(19-25-7-3-1-4-8-25)39(53)47-35(22-28-13-17-30(50)18-14-28)40(54)46-34(20-26-9-5-2-6-10-26)41(55)48-36(24-59)42(56)57/h1-18,31-36,49-50,58-59H,19-24,43H2,(H,44,51)(H,45,52)(H,46,54)(H,47,53)(H,48,55)(H,56,57)/t31-,32-,33-,34-,35-,36-/m0/s1. The van der Waals surface area contributed by atoms with Crippen molar-refractivity contribution in [2.24, 2.45) is 5.73 Å². The molecule has 5 amide bonds. The Bertz CT molecular complexity index is 2030. The number of benzene rings is 4. The zero-order valence-electron chi connectivity index (χ0n) is 31.9. The first-order chi connectivity index (χ1) is 28.3. The quantitative estimate of drug-likeness (QED) is 0.0533. The highest BCUT2D eigenvalue weighted by Gasteiger charge is 2.33. The van der Waals surface area contributed by atoms with Gasteiger partial charge in [-0.05, 0) is 46.5 Å². The molecule has 4 aromatic rings. The molecule has 15 nitrogen and oxygen atoms in total. The summed E-state index contributed by atoms with van der Waals surface area (Å²) in [6, 6.07) is 21.8. The Hall–Kier alpha value is -6.04. The summed E-state index contributed by atoms with van der Waals surface area (Å²) in [5, 5.41) is 42.5. The maximum absolute atomic E-state index is 14.4. The molecule has 312 valence electrons. The van der Waals surface area contributed by atoms with Gasteiger partial charge in [-0.2, -0.15) is 25.3 Å². The Morgan fingerprint density at radius 1 is 0.441 bits per heavy atom. The number of hydrogen-bond donors (Lipinski definition) is 11. The van der Waals surface area contributed by atoms with E-state index in [1.807, 2.05) is 0 Å². The first-order valence-electron chi connectivity index (χ1n) is 18.6. The summed E-state index contributed by atoms with van der Waals surface area (Å²) in [7, 11) is 0. The van der Waals surface area contributed by atoms with Crippen molar-refractivity contribution in [3.63, 3.8) is 0 Å². The third-order valence-electron chi connectivity index (χ3n) is 9.18. The number of nitrogens with one attached hydrogen (secondary N) is 5. The third kappa shape index (κ3) is 14.7. The molecule has 0 bridgehead atoms. The SMILES string of the molecule is N[C@@H](CS)C(=O)N[C@@H](Cc1ccc(O)cc1)C(=O)N[C@@H](Cc1ccccc1)C(=O)N[C@@H](Cc1ccc(O)cc1)C(=O)N[C@@H](Cc1ccccc1)C(=O)N[C@@H](CS)C(=O)O. The van der Waals surface area contributed by atoms with Crippen LogP contribution in [0.5, 0.6) is 11.5 Å². The van der Waals surface area contributed by atoms with Crippen LogP contribution in [0.15, 0.2) is 109 Å². The van der Waals surface area contributed by atoms with E-state index in [-0.39, 0.29) is 48.7 Å². The number of phenols is 2. The smallest absolute Gasteiger partial charge is 0.327 e. The average molecular weight is 845 g/mol. The van der Waals surface area contributed by atoms with Gasteiger partial charge in [0.25, 0.3) is 0 Å². The average Bonchev–Trinajstić information content (AvgIpc) is 3.23. The molecular formula is C42H48N6O9S2. The van der Waals surface area contributed by atoms with Gasteiger partial charge < -0.3 is 47.6 Å². The number of thiol groups is 2. The number of carbonyl (C=O) groups is 6. The number of aliphatic carboxylic acids is 1. The van der Waals surface area contributed by atoms with Crippen molar-refractivity contribution in [2.45, 2.75) is 61.9 Å². The number of amides is 5. The molecule has 0 saturated carbocycles. The largest absolute Gasteiger partial charge is 0.508 e. The maximum atomic E-state index is 14.4. The van der Waals surface area contributed by atoms with E-state index in [1.54, 1.807) is 84.9 Å². The molecule has 4 aromatic carbocycles. The monoisotopic (exact) mass is 844 g/mol. The zero-order chi connectivity index (χ0) is 42.9. The fraction of sp³-hybridized carbons (Fsp3) is 0.286. The number of rotatable bonds is 21. The van der Waals surface area contributed by atoms with Crippen molar-refractivity contribution < 1.29 is 44.1 Å². The van der Waals surface area contributed by atoms with Crippen molar-refractivity contribution in [1.82, 2.24) is 26.6 Å². The second-order valence-electron chi connectivity index (χ2n) is 13.7. The van der Waals surface area contributed by atoms with Crippen LogP contribution in [-0.4, -0.2) is 98.6 Å². The molecule has 59 heavy (non-hydrogen) atoms. The number of hydrogen-bond acceptors (Lipinski definition) is 11. The molecule has 0 fully saturated rings. The second-order valence-corrected chi connectivity index (χ2v) is 14.5. The van der Waals surface area contributed by atoms with E-state index in [4.69, 9.17) is 5.73 Å². The van der Waals surface area contributed by atoms with Gasteiger partial charge in [-0.3, -0.25) is 24.0 Å². The van der Waals surface area contributed by atoms with E-state index in [0.717, 1.165) is 0 Å². The molecule has 0 aliphatic rings. The molecule has 0 saturated heterocycles. The lowest BCUT2D eigenvalue weighted by Crippen LogP contribution is -2.60. The van der Waals surface area contributed by atoms with Crippen LogP contribution in [-0.2, 0) is 54.5 Å². The van der Waals surface area contributed by atoms with Crippen LogP contribution in [0.25, 0.3) is 0 Å². The lowest BCUT2D eigenvalue weighted by Gasteiger charge is -2.27. The number of carbonyl (C=O) groups excluding carboxylic acids is 5. The van der Waals surface area contributed by atoms with Gasteiger partial charge in [-0.1, -0.05) is 84.9 Å². The van der Waals surface area contributed by atoms with Crippen LogP contribution in [0.4, 0.5) is 0 Å². The predicted octanol–water partition coefficient (Wildman–Crippen LogP) is 1.06. The number of aromatic hydroxyl groups is 2. The van der Waals surface area contributed by atoms with Crippen LogP contribution in [0.3, 0.4) is 0 Å². The lowest BCUT2D eigenvalue weighted by atomic mass is 10.00. The number of carboxylic acid groups (broad SMARTS) is 1. The summed E-state index contributed by atoms with van der Waals surface area (Å²) in [4.78, 5) is 80.9. The minimum Gasteiger partial charge on any atom is -0.508 e. The summed E-state index contributed by atoms with van der Waals surface area (Å²) in [5.74, 6) is -5.38. The molecule has 0 aliphatic carbocycles. The first-order valence-corrected chi connectivity index (χ1v) is 19.9. The van der Waals surface area contributed by atoms with Crippen LogP contribution in [0.2, 0.25) is 0 Å². The predicted molar refractivity (Wildman–Crippen MR) is 227 cm³/mol. The van der Waals surface area contributed by atoms with Crippen molar-refractivity contribution in [1.29, 1.82) is 0 Å². The van der Waals surface area contributed by atoms with Crippen LogP contribution in [0.1, 0.15) is 22.3 Å². The highest BCUT2D eigenvalue weighted by molar-refractivity contribution is 7.80. The van der Waals surface area contributed by atoms with Gasteiger partial charge >= 0.3 is 5.97 Å². The van der Waals surface area contributed by atoms with Gasteiger partial charge in [-0.25, -0.2) is 4.79 Å². The Labute approximate surface area is 352 Å². The molecule has 0 unspecified atom stereocenters. The Morgan fingerprint density at radius 3 is 1.02 bits per heavy atom. The maximum Gasteiger partial charge on any atom is 0.327 e. The Morgan fingerprint density at radius 2 is 0.729 bits per heavy atom. The summed E-state index contributed by atoms with van der Waals surface area (Å²) < 4.78 is 0. The van der Waals surface area contributed by atoms with Crippen LogP contribution < -0.4 is 32.3 Å². The van der Waals surface area contributed by atoms with Crippen molar-refractivity contribution in [3.05, 3.63) is 131 Å². The van der Waals surface area contributed by atoms with E-state index in [2.05, 4.69) is 51.8 Å². The minimum atomic E-state index is -1.37. The van der Waals surface area contributed by atoms with E-state index in [0.29, 0.717) is 22.3 Å². The molecule has 17 heteroatoms. The molecule has 6 atom stereocenters. The molecule has 0 radical (unpaired) electrons. The summed E-state index contributed by atoms with van der Waals surface area (Å²) in [6.45, 7) is 0. The summed E-state index contributed by atoms with van der Waals surface area (Å²) in [5.41, 5.74) is 8.31. The molecule has 0 aliphatic heterocycles. The van der Waals surface area contributed by atoms with Crippen LogP contribution in [0, 0.1) is 0 Å². The number of carboxylic acids is 1. The second kappa shape index (κ2) is 22.8. The highest BCUT2D eigenvalue weighted by Crippen LogP contribution is 2.15. The Kier molecular flexibility index (Phi) is 17.6.